The molecule has 146 valence electrons. The van der Waals surface area contributed by atoms with Gasteiger partial charge < -0.3 is 15.2 Å². The molecule has 0 spiro atoms. The van der Waals surface area contributed by atoms with E-state index in [1.807, 2.05) is 0 Å². The maximum Gasteiger partial charge on any atom is 0.253 e. The monoisotopic (exact) mass is 404 g/mol. The molecule has 4 rings (SSSR count). The molecule has 1 aliphatic heterocycles. The molecular weight excluding hydrogens is 386 g/mol. The Morgan fingerprint density at radius 1 is 1.39 bits per heavy atom. The molecule has 0 unspecified atom stereocenters. The number of fused-ring (bicyclic) bond motifs is 1. The van der Waals surface area contributed by atoms with Gasteiger partial charge in [0.15, 0.2) is 0 Å². The molecule has 2 N–H and O–H groups in total. The van der Waals surface area contributed by atoms with Crippen molar-refractivity contribution in [2.45, 2.75) is 25.2 Å². The standard InChI is InChI=1S/C20H19ClF2N4O/c21-18-8-12(4-7-25-18)10-27-11-13(19-14(22)2-1-3-17(19)27)20(28)26-16-5-6-24-9-15(16)23/h1-4,7-8,11,15-16,24H,5-6,9-10H2,(H,26,28)/t15-,16+/m1/s1. The van der Waals surface area contributed by atoms with Gasteiger partial charge in [0.05, 0.1) is 17.1 Å². The Morgan fingerprint density at radius 2 is 2.25 bits per heavy atom. The summed E-state index contributed by atoms with van der Waals surface area (Å²) in [4.78, 5) is 16.8. The van der Waals surface area contributed by atoms with E-state index in [0.29, 0.717) is 30.2 Å². The largest absolute Gasteiger partial charge is 0.346 e. The topological polar surface area (TPSA) is 59.0 Å². The summed E-state index contributed by atoms with van der Waals surface area (Å²) in [6, 6.07) is 7.60. The van der Waals surface area contributed by atoms with E-state index in [0.717, 1.165) is 5.56 Å². The number of nitrogens with zero attached hydrogens (tertiary/aromatic N) is 2. The fourth-order valence-corrected chi connectivity index (χ4v) is 3.78. The summed E-state index contributed by atoms with van der Waals surface area (Å²) in [5, 5.41) is 6.26. The lowest BCUT2D eigenvalue weighted by atomic mass is 10.0. The molecule has 1 saturated heterocycles. The number of halogens is 3. The Hall–Kier alpha value is -2.51. The van der Waals surface area contributed by atoms with Crippen molar-refractivity contribution in [2.24, 2.45) is 0 Å². The van der Waals surface area contributed by atoms with Crippen LogP contribution in [-0.4, -0.2) is 40.8 Å². The van der Waals surface area contributed by atoms with Crippen LogP contribution in [0, 0.1) is 5.82 Å². The van der Waals surface area contributed by atoms with Crippen LogP contribution in [0.4, 0.5) is 8.78 Å². The average molecular weight is 405 g/mol. The van der Waals surface area contributed by atoms with Crippen molar-refractivity contribution in [2.75, 3.05) is 13.1 Å². The van der Waals surface area contributed by atoms with Crippen LogP contribution in [0.2, 0.25) is 5.15 Å². The zero-order valence-electron chi connectivity index (χ0n) is 15.0. The van der Waals surface area contributed by atoms with Gasteiger partial charge in [-0.15, -0.1) is 0 Å². The zero-order chi connectivity index (χ0) is 19.7. The first-order chi connectivity index (χ1) is 13.5. The van der Waals surface area contributed by atoms with Gasteiger partial charge in [-0.05, 0) is 42.8 Å². The maximum atomic E-state index is 14.6. The minimum atomic E-state index is -1.17. The van der Waals surface area contributed by atoms with E-state index < -0.39 is 23.9 Å². The van der Waals surface area contributed by atoms with Gasteiger partial charge in [0.2, 0.25) is 0 Å². The van der Waals surface area contributed by atoms with Gasteiger partial charge in [0.1, 0.15) is 17.1 Å². The highest BCUT2D eigenvalue weighted by molar-refractivity contribution is 6.29. The summed E-state index contributed by atoms with van der Waals surface area (Å²) < 4.78 is 30.4. The lowest BCUT2D eigenvalue weighted by Crippen LogP contribution is -2.50. The molecule has 0 bridgehead atoms. The number of carbonyl (C=O) groups excluding carboxylic acids is 1. The van der Waals surface area contributed by atoms with Crippen LogP contribution in [0.25, 0.3) is 10.9 Å². The van der Waals surface area contributed by atoms with Crippen molar-refractivity contribution < 1.29 is 13.6 Å². The normalized spacial score (nSPS) is 19.7. The molecule has 5 nitrogen and oxygen atoms in total. The van der Waals surface area contributed by atoms with Crippen LogP contribution in [0.5, 0.6) is 0 Å². The number of aromatic nitrogens is 2. The minimum Gasteiger partial charge on any atom is -0.346 e. The van der Waals surface area contributed by atoms with E-state index in [9.17, 15) is 13.6 Å². The molecule has 1 aliphatic rings. The summed E-state index contributed by atoms with van der Waals surface area (Å²) in [6.07, 6.45) is 2.51. The summed E-state index contributed by atoms with van der Waals surface area (Å²) in [5.41, 5.74) is 1.65. The third-order valence-electron chi connectivity index (χ3n) is 4.97. The molecule has 0 saturated carbocycles. The average Bonchev–Trinajstić information content (AvgIpc) is 3.04. The van der Waals surface area contributed by atoms with Gasteiger partial charge in [-0.2, -0.15) is 0 Å². The number of amides is 1. The quantitative estimate of drug-likeness (QED) is 0.656. The van der Waals surface area contributed by atoms with Crippen molar-refractivity contribution in [1.82, 2.24) is 20.2 Å². The molecule has 8 heteroatoms. The summed E-state index contributed by atoms with van der Waals surface area (Å²) >= 11 is 5.95. The molecule has 0 radical (unpaired) electrons. The fourth-order valence-electron chi connectivity index (χ4n) is 3.58. The lowest BCUT2D eigenvalue weighted by molar-refractivity contribution is 0.0893. The Morgan fingerprint density at radius 3 is 3.04 bits per heavy atom. The van der Waals surface area contributed by atoms with Crippen molar-refractivity contribution in [1.29, 1.82) is 0 Å². The lowest BCUT2D eigenvalue weighted by Gasteiger charge is -2.27. The van der Waals surface area contributed by atoms with Crippen molar-refractivity contribution >= 4 is 28.4 Å². The molecule has 2 aromatic heterocycles. The molecule has 0 aliphatic carbocycles. The number of rotatable bonds is 4. The van der Waals surface area contributed by atoms with Crippen molar-refractivity contribution in [3.05, 3.63) is 64.8 Å². The van der Waals surface area contributed by atoms with E-state index in [2.05, 4.69) is 15.6 Å². The van der Waals surface area contributed by atoms with E-state index in [1.54, 1.807) is 41.2 Å². The van der Waals surface area contributed by atoms with Gasteiger partial charge in [-0.25, -0.2) is 13.8 Å². The Balaban J connectivity index is 1.69. The SMILES string of the molecule is O=C(N[C@H]1CCNC[C@H]1F)c1cn(Cc2ccnc(Cl)c2)c2cccc(F)c12. The second kappa shape index (κ2) is 7.85. The van der Waals surface area contributed by atoms with Gasteiger partial charge in [0, 0.05) is 30.9 Å². The third kappa shape index (κ3) is 3.72. The highest BCUT2D eigenvalue weighted by atomic mass is 35.5. The molecule has 1 aromatic carbocycles. The Bertz CT molecular complexity index is 1020. The van der Waals surface area contributed by atoms with Gasteiger partial charge in [0.25, 0.3) is 5.91 Å². The zero-order valence-corrected chi connectivity index (χ0v) is 15.7. The van der Waals surface area contributed by atoms with Crippen LogP contribution in [-0.2, 0) is 6.54 Å². The highest BCUT2D eigenvalue weighted by Gasteiger charge is 2.28. The fraction of sp³-hybridized carbons (Fsp3) is 0.300. The number of hydrogen-bond acceptors (Lipinski definition) is 3. The van der Waals surface area contributed by atoms with Crippen molar-refractivity contribution in [3.63, 3.8) is 0 Å². The molecular formula is C20H19ClF2N4O. The second-order valence-electron chi connectivity index (χ2n) is 6.88. The number of hydrogen-bond donors (Lipinski definition) is 2. The molecule has 28 heavy (non-hydrogen) atoms. The van der Waals surface area contributed by atoms with Gasteiger partial charge in [-0.1, -0.05) is 17.7 Å². The van der Waals surface area contributed by atoms with Gasteiger partial charge in [-0.3, -0.25) is 4.79 Å². The second-order valence-corrected chi connectivity index (χ2v) is 7.27. The van der Waals surface area contributed by atoms with Crippen LogP contribution in [0.1, 0.15) is 22.3 Å². The number of pyridine rings is 1. The molecule has 1 fully saturated rings. The van der Waals surface area contributed by atoms with E-state index in [-0.39, 0.29) is 17.5 Å². The smallest absolute Gasteiger partial charge is 0.253 e. The number of alkyl halides is 1. The van der Waals surface area contributed by atoms with Crippen LogP contribution in [0.3, 0.4) is 0 Å². The molecule has 3 heterocycles. The first-order valence-electron chi connectivity index (χ1n) is 9.06. The number of nitrogens with one attached hydrogen (secondary N) is 2. The minimum absolute atomic E-state index is 0.194. The predicted molar refractivity (Wildman–Crippen MR) is 104 cm³/mol. The van der Waals surface area contributed by atoms with Gasteiger partial charge >= 0.3 is 0 Å². The summed E-state index contributed by atoms with van der Waals surface area (Å²) in [5.74, 6) is -0.965. The first-order valence-corrected chi connectivity index (χ1v) is 9.44. The van der Waals surface area contributed by atoms with Crippen LogP contribution < -0.4 is 10.6 Å². The third-order valence-corrected chi connectivity index (χ3v) is 5.18. The van der Waals surface area contributed by atoms with E-state index in [4.69, 9.17) is 11.6 Å². The number of carbonyl (C=O) groups is 1. The van der Waals surface area contributed by atoms with Crippen molar-refractivity contribution in [3.8, 4) is 0 Å². The Labute approximate surface area is 165 Å². The number of piperidine rings is 1. The molecule has 3 aromatic rings. The summed E-state index contributed by atoms with van der Waals surface area (Å²) in [7, 11) is 0. The summed E-state index contributed by atoms with van der Waals surface area (Å²) in [6.45, 7) is 1.22. The van der Waals surface area contributed by atoms with E-state index in [1.165, 1.54) is 6.07 Å². The Kier molecular flexibility index (Phi) is 5.28. The predicted octanol–water partition coefficient (Wildman–Crippen LogP) is 3.31. The highest BCUT2D eigenvalue weighted by Crippen LogP contribution is 2.26. The van der Waals surface area contributed by atoms with E-state index >= 15 is 0 Å². The number of benzene rings is 1. The first kappa shape index (κ1) is 18.8. The van der Waals surface area contributed by atoms with Crippen LogP contribution in [0.15, 0.2) is 42.7 Å². The molecule has 1 amide bonds. The maximum absolute atomic E-state index is 14.6. The van der Waals surface area contributed by atoms with Crippen LogP contribution >= 0.6 is 11.6 Å². The molecule has 2 atom stereocenters.